The fraction of sp³-hybridized carbons (Fsp3) is 0.353. The molecular weight excluding hydrogens is 283 g/mol. The van der Waals surface area contributed by atoms with Crippen LogP contribution in [0.25, 0.3) is 0 Å². The second kappa shape index (κ2) is 6.32. The molecule has 2 heterocycles. The summed E-state index contributed by atoms with van der Waals surface area (Å²) in [5.41, 5.74) is 3.96. The van der Waals surface area contributed by atoms with Gasteiger partial charge in [0.2, 0.25) is 5.88 Å². The Balaban J connectivity index is 1.83. The number of aryl methyl sites for hydroxylation is 1. The minimum Gasteiger partial charge on any atom is -0.474 e. The number of halogens is 1. The van der Waals surface area contributed by atoms with Crippen LogP contribution >= 0.6 is 0 Å². The van der Waals surface area contributed by atoms with Crippen LogP contribution in [-0.4, -0.2) is 31.3 Å². The summed E-state index contributed by atoms with van der Waals surface area (Å²) in [4.78, 5) is 4.52. The second-order valence-electron chi connectivity index (χ2n) is 5.50. The predicted octanol–water partition coefficient (Wildman–Crippen LogP) is 2.94. The number of fused-ring (bicyclic) bond motifs is 1. The van der Waals surface area contributed by atoms with Gasteiger partial charge >= 0.3 is 0 Å². The van der Waals surface area contributed by atoms with E-state index in [2.05, 4.69) is 16.4 Å². The van der Waals surface area contributed by atoms with Crippen molar-refractivity contribution >= 4 is 5.69 Å². The number of methoxy groups -OCH3 is 1. The van der Waals surface area contributed by atoms with E-state index >= 15 is 0 Å². The molecule has 0 spiro atoms. The summed E-state index contributed by atoms with van der Waals surface area (Å²) in [5, 5.41) is 3.39. The highest BCUT2D eigenvalue weighted by Gasteiger charge is 2.21. The van der Waals surface area contributed by atoms with E-state index in [1.54, 1.807) is 19.2 Å². The first-order chi connectivity index (χ1) is 10.7. The molecule has 0 saturated heterocycles. The van der Waals surface area contributed by atoms with E-state index in [9.17, 15) is 4.39 Å². The van der Waals surface area contributed by atoms with Gasteiger partial charge in [0.15, 0.2) is 0 Å². The highest BCUT2D eigenvalue weighted by atomic mass is 19.1. The molecule has 1 aromatic carbocycles. The summed E-state index contributed by atoms with van der Waals surface area (Å²) in [7, 11) is 1.67. The normalized spacial score (nSPS) is 16.6. The molecule has 0 radical (unpaired) electrons. The van der Waals surface area contributed by atoms with Crippen molar-refractivity contribution in [3.63, 3.8) is 0 Å². The van der Waals surface area contributed by atoms with E-state index < -0.39 is 0 Å². The first kappa shape index (κ1) is 14.8. The molecular formula is C17H19FN2O2. The van der Waals surface area contributed by atoms with E-state index in [-0.39, 0.29) is 11.9 Å². The number of hydrogen-bond acceptors (Lipinski definition) is 4. The molecule has 1 aromatic heterocycles. The number of hydrogen-bond donors (Lipinski definition) is 1. The van der Waals surface area contributed by atoms with E-state index in [0.717, 1.165) is 22.5 Å². The Morgan fingerprint density at radius 1 is 1.36 bits per heavy atom. The summed E-state index contributed by atoms with van der Waals surface area (Å²) < 4.78 is 23.8. The lowest BCUT2D eigenvalue weighted by Gasteiger charge is -2.27. The van der Waals surface area contributed by atoms with Crippen LogP contribution in [0.3, 0.4) is 0 Å². The van der Waals surface area contributed by atoms with Crippen molar-refractivity contribution < 1.29 is 13.9 Å². The lowest BCUT2D eigenvalue weighted by atomic mass is 10.0. The SMILES string of the molecule is COC[C@H]1COc2nc(C)c(Cc3ccc(F)cc3)cc2N1. The summed E-state index contributed by atoms with van der Waals surface area (Å²) in [6.07, 6.45) is 0.711. The van der Waals surface area contributed by atoms with E-state index in [1.165, 1.54) is 12.1 Å². The van der Waals surface area contributed by atoms with Gasteiger partial charge in [-0.3, -0.25) is 0 Å². The maximum atomic E-state index is 13.0. The third kappa shape index (κ3) is 3.20. The molecule has 0 unspecified atom stereocenters. The van der Waals surface area contributed by atoms with Crippen molar-refractivity contribution in [1.82, 2.24) is 4.98 Å². The summed E-state index contributed by atoms with van der Waals surface area (Å²) in [5.74, 6) is 0.411. The van der Waals surface area contributed by atoms with Crippen molar-refractivity contribution in [2.75, 3.05) is 25.6 Å². The minimum absolute atomic E-state index is 0.126. The van der Waals surface area contributed by atoms with Gasteiger partial charge in [-0.25, -0.2) is 9.37 Å². The van der Waals surface area contributed by atoms with Crippen LogP contribution in [0.1, 0.15) is 16.8 Å². The molecule has 0 fully saturated rings. The molecule has 116 valence electrons. The Labute approximate surface area is 129 Å². The minimum atomic E-state index is -0.221. The number of pyridine rings is 1. The van der Waals surface area contributed by atoms with Crippen LogP contribution in [-0.2, 0) is 11.2 Å². The number of aromatic nitrogens is 1. The van der Waals surface area contributed by atoms with Crippen molar-refractivity contribution in [2.24, 2.45) is 0 Å². The maximum absolute atomic E-state index is 13.0. The average molecular weight is 302 g/mol. The molecule has 3 rings (SSSR count). The van der Waals surface area contributed by atoms with Gasteiger partial charge in [-0.05, 0) is 42.7 Å². The van der Waals surface area contributed by atoms with Crippen molar-refractivity contribution in [2.45, 2.75) is 19.4 Å². The lowest BCUT2D eigenvalue weighted by molar-refractivity contribution is 0.152. The molecule has 22 heavy (non-hydrogen) atoms. The third-order valence-corrected chi connectivity index (χ3v) is 3.74. The van der Waals surface area contributed by atoms with Crippen molar-refractivity contribution in [3.8, 4) is 5.88 Å². The summed E-state index contributed by atoms with van der Waals surface area (Å²) in [6.45, 7) is 3.09. The van der Waals surface area contributed by atoms with Gasteiger partial charge in [-0.15, -0.1) is 0 Å². The molecule has 2 aromatic rings. The monoisotopic (exact) mass is 302 g/mol. The van der Waals surface area contributed by atoms with Crippen molar-refractivity contribution in [1.29, 1.82) is 0 Å². The van der Waals surface area contributed by atoms with E-state index in [4.69, 9.17) is 9.47 Å². The first-order valence-electron chi connectivity index (χ1n) is 7.29. The number of rotatable bonds is 4. The van der Waals surface area contributed by atoms with Crippen LogP contribution in [0.2, 0.25) is 0 Å². The fourth-order valence-electron chi connectivity index (χ4n) is 2.57. The fourth-order valence-corrected chi connectivity index (χ4v) is 2.57. The second-order valence-corrected chi connectivity index (χ2v) is 5.50. The van der Waals surface area contributed by atoms with Gasteiger partial charge in [0, 0.05) is 12.8 Å². The van der Waals surface area contributed by atoms with Crippen LogP contribution < -0.4 is 10.1 Å². The molecule has 1 aliphatic rings. The Morgan fingerprint density at radius 2 is 2.14 bits per heavy atom. The molecule has 1 N–H and O–H groups in total. The third-order valence-electron chi connectivity index (χ3n) is 3.74. The topological polar surface area (TPSA) is 43.4 Å². The van der Waals surface area contributed by atoms with Crippen LogP contribution in [0.4, 0.5) is 10.1 Å². The van der Waals surface area contributed by atoms with Crippen LogP contribution in [0, 0.1) is 12.7 Å². The van der Waals surface area contributed by atoms with E-state index in [1.807, 2.05) is 6.92 Å². The molecule has 0 aliphatic carbocycles. The molecule has 0 saturated carbocycles. The molecule has 1 aliphatic heterocycles. The molecule has 4 nitrogen and oxygen atoms in total. The quantitative estimate of drug-likeness (QED) is 0.943. The average Bonchev–Trinajstić information content (AvgIpc) is 2.51. The maximum Gasteiger partial charge on any atom is 0.237 e. The van der Waals surface area contributed by atoms with Gasteiger partial charge in [0.05, 0.1) is 18.3 Å². The van der Waals surface area contributed by atoms with E-state index in [0.29, 0.717) is 25.5 Å². The Bertz CT molecular complexity index is 658. The number of anilines is 1. The van der Waals surface area contributed by atoms with Gasteiger partial charge in [0.1, 0.15) is 12.4 Å². The highest BCUT2D eigenvalue weighted by molar-refractivity contribution is 5.58. The van der Waals surface area contributed by atoms with Gasteiger partial charge in [-0.1, -0.05) is 12.1 Å². The smallest absolute Gasteiger partial charge is 0.237 e. The van der Waals surface area contributed by atoms with Crippen LogP contribution in [0.5, 0.6) is 5.88 Å². The Kier molecular flexibility index (Phi) is 4.24. The zero-order chi connectivity index (χ0) is 15.5. The Hall–Kier alpha value is -2.14. The Morgan fingerprint density at radius 3 is 2.86 bits per heavy atom. The number of ether oxygens (including phenoxy) is 2. The van der Waals surface area contributed by atoms with Crippen LogP contribution in [0.15, 0.2) is 30.3 Å². The number of nitrogens with one attached hydrogen (secondary N) is 1. The lowest BCUT2D eigenvalue weighted by Crippen LogP contribution is -2.35. The molecule has 0 bridgehead atoms. The number of benzene rings is 1. The van der Waals surface area contributed by atoms with Gasteiger partial charge in [0.25, 0.3) is 0 Å². The molecule has 0 amide bonds. The first-order valence-corrected chi connectivity index (χ1v) is 7.29. The standard InChI is InChI=1S/C17H19FN2O2/c1-11-13(7-12-3-5-14(18)6-4-12)8-16-17(19-11)22-10-15(20-16)9-21-2/h3-6,8,15,20H,7,9-10H2,1-2H3/t15-/m0/s1. The largest absolute Gasteiger partial charge is 0.474 e. The zero-order valence-corrected chi connectivity index (χ0v) is 12.7. The van der Waals surface area contributed by atoms with Gasteiger partial charge in [-0.2, -0.15) is 0 Å². The summed E-state index contributed by atoms with van der Waals surface area (Å²) in [6, 6.07) is 8.74. The highest BCUT2D eigenvalue weighted by Crippen LogP contribution is 2.30. The molecule has 1 atom stereocenters. The predicted molar refractivity (Wildman–Crippen MR) is 83.0 cm³/mol. The zero-order valence-electron chi connectivity index (χ0n) is 12.7. The van der Waals surface area contributed by atoms with Gasteiger partial charge < -0.3 is 14.8 Å². The van der Waals surface area contributed by atoms with Crippen molar-refractivity contribution in [3.05, 3.63) is 53.0 Å². The molecule has 5 heteroatoms. The summed E-state index contributed by atoms with van der Waals surface area (Å²) >= 11 is 0. The number of nitrogens with zero attached hydrogens (tertiary/aromatic N) is 1.